The first-order chi connectivity index (χ1) is 10.8. The molecule has 0 aliphatic heterocycles. The molecule has 122 valence electrons. The van der Waals surface area contributed by atoms with Gasteiger partial charge in [0.25, 0.3) is 11.6 Å². The summed E-state index contributed by atoms with van der Waals surface area (Å²) < 4.78 is 0. The SMILES string of the molecule is CC1(C)[C@H]2CC[C@@]1(C)/C(=N/NC(=O)c1cccc([N+](=O)[O-])c1)C2. The van der Waals surface area contributed by atoms with E-state index in [2.05, 4.69) is 31.3 Å². The van der Waals surface area contributed by atoms with Gasteiger partial charge in [0.2, 0.25) is 0 Å². The van der Waals surface area contributed by atoms with E-state index < -0.39 is 10.8 Å². The molecule has 1 aromatic carbocycles. The fourth-order valence-electron chi connectivity index (χ4n) is 4.04. The highest BCUT2D eigenvalue weighted by Gasteiger charge is 2.60. The Bertz CT molecular complexity index is 711. The van der Waals surface area contributed by atoms with Crippen LogP contribution in [0.25, 0.3) is 0 Å². The van der Waals surface area contributed by atoms with E-state index in [0.717, 1.165) is 18.6 Å². The van der Waals surface area contributed by atoms with Gasteiger partial charge in [-0.1, -0.05) is 26.8 Å². The molecule has 2 atom stereocenters. The minimum atomic E-state index is -0.512. The molecule has 0 aromatic heterocycles. The maximum atomic E-state index is 12.2. The Hall–Kier alpha value is -2.24. The topological polar surface area (TPSA) is 84.6 Å². The predicted octanol–water partition coefficient (Wildman–Crippen LogP) is 3.53. The van der Waals surface area contributed by atoms with E-state index >= 15 is 0 Å². The summed E-state index contributed by atoms with van der Waals surface area (Å²) in [6.07, 6.45) is 3.22. The molecule has 2 saturated carbocycles. The highest BCUT2D eigenvalue weighted by Crippen LogP contribution is 2.63. The standard InChI is InChI=1S/C17H21N3O3/c1-16(2)12-7-8-17(16,3)14(10-12)18-19-15(21)11-5-4-6-13(9-11)20(22)23/h4-6,9,12H,7-8,10H2,1-3H3,(H,19,21)/b18-14+/t12-,17-/m0/s1. The van der Waals surface area contributed by atoms with E-state index in [1.54, 1.807) is 6.07 Å². The molecule has 0 heterocycles. The van der Waals surface area contributed by atoms with Crippen molar-refractivity contribution in [1.82, 2.24) is 5.43 Å². The summed E-state index contributed by atoms with van der Waals surface area (Å²) in [7, 11) is 0. The number of hydrogen-bond donors (Lipinski definition) is 1. The highest BCUT2D eigenvalue weighted by molar-refractivity contribution is 5.98. The van der Waals surface area contributed by atoms with Crippen LogP contribution in [-0.2, 0) is 0 Å². The maximum absolute atomic E-state index is 12.2. The summed E-state index contributed by atoms with van der Waals surface area (Å²) in [4.78, 5) is 22.5. The Morgan fingerprint density at radius 2 is 2.13 bits per heavy atom. The molecule has 0 spiro atoms. The largest absolute Gasteiger partial charge is 0.271 e. The number of amides is 1. The molecule has 2 aliphatic rings. The molecule has 0 unspecified atom stereocenters. The minimum Gasteiger partial charge on any atom is -0.267 e. The number of nitro benzene ring substituents is 1. The van der Waals surface area contributed by atoms with Gasteiger partial charge >= 0.3 is 0 Å². The first kappa shape index (κ1) is 15.6. The Morgan fingerprint density at radius 1 is 1.39 bits per heavy atom. The van der Waals surface area contributed by atoms with Gasteiger partial charge in [0, 0.05) is 28.8 Å². The number of hydrazone groups is 1. The van der Waals surface area contributed by atoms with E-state index in [-0.39, 0.29) is 22.1 Å². The van der Waals surface area contributed by atoms with Crippen LogP contribution < -0.4 is 5.43 Å². The third-order valence-corrected chi connectivity index (χ3v) is 6.12. The van der Waals surface area contributed by atoms with Crippen molar-refractivity contribution < 1.29 is 9.72 Å². The molecule has 23 heavy (non-hydrogen) atoms. The number of nitrogens with one attached hydrogen (secondary N) is 1. The van der Waals surface area contributed by atoms with Crippen LogP contribution in [0, 0.1) is 26.9 Å². The molecule has 0 saturated heterocycles. The van der Waals surface area contributed by atoms with Crippen molar-refractivity contribution >= 4 is 17.3 Å². The number of carbonyl (C=O) groups excluding carboxylic acids is 1. The second kappa shape index (κ2) is 5.15. The van der Waals surface area contributed by atoms with Crippen LogP contribution in [-0.4, -0.2) is 16.5 Å². The molecular formula is C17H21N3O3. The van der Waals surface area contributed by atoms with E-state index in [4.69, 9.17) is 0 Å². The Balaban J connectivity index is 1.78. The van der Waals surface area contributed by atoms with Crippen LogP contribution in [0.5, 0.6) is 0 Å². The number of carbonyl (C=O) groups is 1. The van der Waals surface area contributed by atoms with Crippen LogP contribution in [0.4, 0.5) is 5.69 Å². The molecule has 2 bridgehead atoms. The zero-order valence-corrected chi connectivity index (χ0v) is 13.6. The van der Waals surface area contributed by atoms with Crippen LogP contribution in [0.2, 0.25) is 0 Å². The zero-order chi connectivity index (χ0) is 16.8. The van der Waals surface area contributed by atoms with E-state index in [1.807, 2.05) is 0 Å². The molecule has 1 amide bonds. The lowest BCUT2D eigenvalue weighted by molar-refractivity contribution is -0.384. The van der Waals surface area contributed by atoms with Crippen molar-refractivity contribution in [3.63, 3.8) is 0 Å². The lowest BCUT2D eigenvalue weighted by Gasteiger charge is -2.34. The molecular weight excluding hydrogens is 294 g/mol. The second-order valence-electron chi connectivity index (χ2n) is 7.30. The summed E-state index contributed by atoms with van der Waals surface area (Å²) >= 11 is 0. The average molecular weight is 315 g/mol. The van der Waals surface area contributed by atoms with Gasteiger partial charge in [0.1, 0.15) is 0 Å². The smallest absolute Gasteiger partial charge is 0.267 e. The van der Waals surface area contributed by atoms with Crippen LogP contribution in [0.1, 0.15) is 50.4 Å². The number of non-ortho nitro benzene ring substituents is 1. The fraction of sp³-hybridized carbons (Fsp3) is 0.529. The third kappa shape index (κ3) is 2.33. The predicted molar refractivity (Wildman–Crippen MR) is 87.2 cm³/mol. The number of nitro groups is 1. The fourth-order valence-corrected chi connectivity index (χ4v) is 4.04. The minimum absolute atomic E-state index is 0.0215. The molecule has 6 heteroatoms. The quantitative estimate of drug-likeness (QED) is 0.684. The Kier molecular flexibility index (Phi) is 3.50. The summed E-state index contributed by atoms with van der Waals surface area (Å²) in [5.41, 5.74) is 3.99. The Labute approximate surface area is 135 Å². The van der Waals surface area contributed by atoms with Gasteiger partial charge in [0.15, 0.2) is 0 Å². The monoisotopic (exact) mass is 315 g/mol. The van der Waals surface area contributed by atoms with Gasteiger partial charge in [-0.25, -0.2) is 5.43 Å². The van der Waals surface area contributed by atoms with Gasteiger partial charge in [-0.15, -0.1) is 0 Å². The normalized spacial score (nSPS) is 29.7. The van der Waals surface area contributed by atoms with Gasteiger partial charge in [-0.2, -0.15) is 5.10 Å². The van der Waals surface area contributed by atoms with Gasteiger partial charge in [0.05, 0.1) is 4.92 Å². The second-order valence-corrected chi connectivity index (χ2v) is 7.30. The van der Waals surface area contributed by atoms with Crippen molar-refractivity contribution in [1.29, 1.82) is 0 Å². The maximum Gasteiger partial charge on any atom is 0.271 e. The molecule has 0 radical (unpaired) electrons. The van der Waals surface area contributed by atoms with Crippen molar-refractivity contribution in [3.05, 3.63) is 39.9 Å². The van der Waals surface area contributed by atoms with Crippen molar-refractivity contribution in [2.24, 2.45) is 21.8 Å². The molecule has 1 aromatic rings. The summed E-state index contributed by atoms with van der Waals surface area (Å²) in [6.45, 7) is 6.77. The molecule has 2 fully saturated rings. The summed E-state index contributed by atoms with van der Waals surface area (Å²) in [5.74, 6) is 0.200. The van der Waals surface area contributed by atoms with Gasteiger partial charge < -0.3 is 0 Å². The van der Waals surface area contributed by atoms with Gasteiger partial charge in [-0.05, 0) is 36.7 Å². The number of hydrogen-bond acceptors (Lipinski definition) is 4. The van der Waals surface area contributed by atoms with Crippen LogP contribution >= 0.6 is 0 Å². The van der Waals surface area contributed by atoms with Crippen molar-refractivity contribution in [3.8, 4) is 0 Å². The molecule has 1 N–H and O–H groups in total. The summed E-state index contributed by atoms with van der Waals surface area (Å²) in [5, 5.41) is 15.2. The van der Waals surface area contributed by atoms with E-state index in [0.29, 0.717) is 5.92 Å². The number of rotatable bonds is 3. The van der Waals surface area contributed by atoms with Gasteiger partial charge in [-0.3, -0.25) is 14.9 Å². The molecule has 2 aliphatic carbocycles. The number of nitrogens with zero attached hydrogens (tertiary/aromatic N) is 2. The molecule has 3 rings (SSSR count). The lowest BCUT2D eigenvalue weighted by Crippen LogP contribution is -2.34. The van der Waals surface area contributed by atoms with Crippen LogP contribution in [0.15, 0.2) is 29.4 Å². The van der Waals surface area contributed by atoms with E-state index in [9.17, 15) is 14.9 Å². The first-order valence-corrected chi connectivity index (χ1v) is 7.87. The van der Waals surface area contributed by atoms with Crippen LogP contribution in [0.3, 0.4) is 0 Å². The van der Waals surface area contributed by atoms with E-state index in [1.165, 1.54) is 24.6 Å². The van der Waals surface area contributed by atoms with Crippen molar-refractivity contribution in [2.45, 2.75) is 40.0 Å². The summed E-state index contributed by atoms with van der Waals surface area (Å²) in [6, 6.07) is 5.68. The Morgan fingerprint density at radius 3 is 2.70 bits per heavy atom. The lowest BCUT2D eigenvalue weighted by atomic mass is 9.70. The zero-order valence-electron chi connectivity index (χ0n) is 13.6. The number of benzene rings is 1. The third-order valence-electron chi connectivity index (χ3n) is 6.12. The molecule has 6 nitrogen and oxygen atoms in total. The average Bonchev–Trinajstić information content (AvgIpc) is 2.85. The first-order valence-electron chi connectivity index (χ1n) is 7.87. The van der Waals surface area contributed by atoms with Crippen molar-refractivity contribution in [2.75, 3.05) is 0 Å². The number of fused-ring (bicyclic) bond motifs is 2. The highest BCUT2D eigenvalue weighted by atomic mass is 16.6.